The van der Waals surface area contributed by atoms with Gasteiger partial charge in [-0.3, -0.25) is 14.5 Å². The quantitative estimate of drug-likeness (QED) is 0.913. The molecule has 1 N–H and O–H groups in total. The van der Waals surface area contributed by atoms with E-state index >= 15 is 0 Å². The molecule has 0 bridgehead atoms. The van der Waals surface area contributed by atoms with Gasteiger partial charge in [-0.25, -0.2) is 4.99 Å². The van der Waals surface area contributed by atoms with Gasteiger partial charge in [0, 0.05) is 30.3 Å². The normalized spacial score (nSPS) is 21.6. The molecule has 1 aliphatic heterocycles. The van der Waals surface area contributed by atoms with E-state index in [4.69, 9.17) is 0 Å². The lowest BCUT2D eigenvalue weighted by Gasteiger charge is -2.24. The first-order valence-corrected chi connectivity index (χ1v) is 6.63. The number of carbonyl (C=O) groups excluding carboxylic acids is 1. The topological polar surface area (TPSA) is 70.0 Å². The Morgan fingerprint density at radius 3 is 2.45 bits per heavy atom. The Morgan fingerprint density at radius 1 is 1.30 bits per heavy atom. The molecule has 1 aromatic rings. The van der Waals surface area contributed by atoms with Crippen LogP contribution in [0.15, 0.2) is 35.3 Å². The highest BCUT2D eigenvalue weighted by atomic mass is 16.4. The van der Waals surface area contributed by atoms with E-state index in [0.717, 1.165) is 0 Å². The van der Waals surface area contributed by atoms with Crippen molar-refractivity contribution in [3.05, 3.63) is 35.9 Å². The number of hydrogen-bond acceptors (Lipinski definition) is 3. The molecule has 0 aliphatic carbocycles. The summed E-state index contributed by atoms with van der Waals surface area (Å²) in [6.07, 6.45) is 0.312. The second-order valence-electron chi connectivity index (χ2n) is 5.17. The van der Waals surface area contributed by atoms with E-state index in [1.54, 1.807) is 24.3 Å². The third kappa shape index (κ3) is 3.11. The van der Waals surface area contributed by atoms with E-state index in [1.807, 2.05) is 24.8 Å². The number of benzene rings is 1. The highest BCUT2D eigenvalue weighted by Crippen LogP contribution is 2.19. The van der Waals surface area contributed by atoms with Crippen LogP contribution in [-0.4, -0.2) is 46.2 Å². The zero-order chi connectivity index (χ0) is 14.7. The van der Waals surface area contributed by atoms with E-state index in [2.05, 4.69) is 4.99 Å². The highest BCUT2D eigenvalue weighted by Gasteiger charge is 2.36. The van der Waals surface area contributed by atoms with Gasteiger partial charge in [0.2, 0.25) is 0 Å². The second kappa shape index (κ2) is 5.96. The van der Waals surface area contributed by atoms with Gasteiger partial charge < -0.3 is 5.11 Å². The molecule has 20 heavy (non-hydrogen) atoms. The van der Waals surface area contributed by atoms with Gasteiger partial charge in [0.25, 0.3) is 5.91 Å². The molecule has 0 spiro atoms. The van der Waals surface area contributed by atoms with Crippen LogP contribution in [0, 0.1) is 0 Å². The minimum Gasteiger partial charge on any atom is -0.480 e. The SMILES string of the molecule is CC(C)N1CC(=NC(=O)c2ccccc2)C[C@H]1C(=O)O. The van der Waals surface area contributed by atoms with Gasteiger partial charge in [-0.1, -0.05) is 18.2 Å². The van der Waals surface area contributed by atoms with Gasteiger partial charge in [-0.15, -0.1) is 0 Å². The van der Waals surface area contributed by atoms with E-state index in [-0.39, 0.29) is 11.9 Å². The van der Waals surface area contributed by atoms with E-state index in [1.165, 1.54) is 0 Å². The molecule has 1 heterocycles. The maximum Gasteiger partial charge on any atom is 0.321 e. The van der Waals surface area contributed by atoms with E-state index in [0.29, 0.717) is 24.2 Å². The number of carboxylic acid groups (broad SMARTS) is 1. The summed E-state index contributed by atoms with van der Waals surface area (Å²) < 4.78 is 0. The number of rotatable bonds is 3. The van der Waals surface area contributed by atoms with Crippen molar-refractivity contribution in [2.24, 2.45) is 4.99 Å². The van der Waals surface area contributed by atoms with Gasteiger partial charge >= 0.3 is 5.97 Å². The van der Waals surface area contributed by atoms with Gasteiger partial charge in [-0.2, -0.15) is 0 Å². The molecule has 0 aromatic heterocycles. The average molecular weight is 274 g/mol. The van der Waals surface area contributed by atoms with Gasteiger partial charge in [0.05, 0.1) is 0 Å². The van der Waals surface area contributed by atoms with Gasteiger partial charge in [-0.05, 0) is 26.0 Å². The number of amides is 1. The van der Waals surface area contributed by atoms with Crippen LogP contribution in [-0.2, 0) is 4.79 Å². The van der Waals surface area contributed by atoms with Crippen molar-refractivity contribution in [1.82, 2.24) is 4.90 Å². The summed E-state index contributed by atoms with van der Waals surface area (Å²) in [5.41, 5.74) is 1.16. The molecule has 0 radical (unpaired) electrons. The smallest absolute Gasteiger partial charge is 0.321 e. The number of carbonyl (C=O) groups is 2. The lowest BCUT2D eigenvalue weighted by molar-refractivity contribution is -0.142. The summed E-state index contributed by atoms with van der Waals surface area (Å²) >= 11 is 0. The molecule has 2 rings (SSSR count). The fraction of sp³-hybridized carbons (Fsp3) is 0.400. The Morgan fingerprint density at radius 2 is 1.95 bits per heavy atom. The maximum absolute atomic E-state index is 12.0. The molecule has 1 fully saturated rings. The number of carboxylic acids is 1. The minimum absolute atomic E-state index is 0.107. The second-order valence-corrected chi connectivity index (χ2v) is 5.17. The van der Waals surface area contributed by atoms with E-state index in [9.17, 15) is 14.7 Å². The summed E-state index contributed by atoms with van der Waals surface area (Å²) in [6, 6.07) is 8.32. The monoisotopic (exact) mass is 274 g/mol. The van der Waals surface area contributed by atoms with E-state index < -0.39 is 12.0 Å². The molecule has 106 valence electrons. The van der Waals surface area contributed by atoms with Crippen LogP contribution in [0.2, 0.25) is 0 Å². The summed E-state index contributed by atoms with van der Waals surface area (Å²) in [7, 11) is 0. The Hall–Kier alpha value is -2.01. The fourth-order valence-corrected chi connectivity index (χ4v) is 2.37. The Labute approximate surface area is 117 Å². The molecule has 5 heteroatoms. The number of aliphatic imine (C=N–C) groups is 1. The Bertz CT molecular complexity index is 537. The average Bonchev–Trinajstić information content (AvgIpc) is 2.84. The van der Waals surface area contributed by atoms with Crippen molar-refractivity contribution >= 4 is 17.6 Å². The molecule has 1 saturated heterocycles. The van der Waals surface area contributed by atoms with Crippen LogP contribution in [0.5, 0.6) is 0 Å². The first-order valence-electron chi connectivity index (χ1n) is 6.63. The highest BCUT2D eigenvalue weighted by molar-refractivity contribution is 6.06. The van der Waals surface area contributed by atoms with Crippen molar-refractivity contribution < 1.29 is 14.7 Å². The van der Waals surface area contributed by atoms with Crippen molar-refractivity contribution in [2.45, 2.75) is 32.4 Å². The molecule has 1 amide bonds. The molecular formula is C15H18N2O3. The molecule has 1 atom stereocenters. The standard InChI is InChI=1S/C15H18N2O3/c1-10(2)17-9-12(8-13(17)15(19)20)16-14(18)11-6-4-3-5-7-11/h3-7,10,13H,8-9H2,1-2H3,(H,19,20)/t13-/m0/s1. The zero-order valence-electron chi connectivity index (χ0n) is 11.6. The lowest BCUT2D eigenvalue weighted by Crippen LogP contribution is -2.40. The lowest BCUT2D eigenvalue weighted by atomic mass is 10.2. The van der Waals surface area contributed by atoms with Crippen LogP contribution in [0.25, 0.3) is 0 Å². The van der Waals surface area contributed by atoms with Crippen molar-refractivity contribution in [3.63, 3.8) is 0 Å². The molecule has 5 nitrogen and oxygen atoms in total. The first kappa shape index (κ1) is 14.4. The van der Waals surface area contributed by atoms with Crippen LogP contribution in [0.1, 0.15) is 30.6 Å². The number of aliphatic carboxylic acids is 1. The number of likely N-dealkylation sites (tertiary alicyclic amines) is 1. The van der Waals surface area contributed by atoms with Gasteiger partial charge in [0.15, 0.2) is 0 Å². The predicted octanol–water partition coefficient (Wildman–Crippen LogP) is 1.84. The Balaban J connectivity index is 2.16. The van der Waals surface area contributed by atoms with Crippen molar-refractivity contribution in [2.75, 3.05) is 6.54 Å². The van der Waals surface area contributed by atoms with Crippen LogP contribution < -0.4 is 0 Å². The zero-order valence-corrected chi connectivity index (χ0v) is 11.6. The van der Waals surface area contributed by atoms with Crippen molar-refractivity contribution in [1.29, 1.82) is 0 Å². The predicted molar refractivity (Wildman–Crippen MR) is 76.1 cm³/mol. The fourth-order valence-electron chi connectivity index (χ4n) is 2.37. The summed E-state index contributed by atoms with van der Waals surface area (Å²) in [6.45, 7) is 4.32. The minimum atomic E-state index is -0.865. The van der Waals surface area contributed by atoms with Crippen LogP contribution in [0.3, 0.4) is 0 Å². The molecular weight excluding hydrogens is 256 g/mol. The third-order valence-corrected chi connectivity index (χ3v) is 3.42. The summed E-state index contributed by atoms with van der Waals surface area (Å²) in [4.78, 5) is 29.2. The van der Waals surface area contributed by atoms with Crippen molar-refractivity contribution in [3.8, 4) is 0 Å². The molecule has 1 aromatic carbocycles. The molecule has 1 aliphatic rings. The molecule has 0 saturated carbocycles. The summed E-state index contributed by atoms with van der Waals surface area (Å²) in [5, 5.41) is 9.22. The number of hydrogen-bond donors (Lipinski definition) is 1. The number of nitrogens with zero attached hydrogens (tertiary/aromatic N) is 2. The Kier molecular flexibility index (Phi) is 4.29. The maximum atomic E-state index is 12.0. The molecule has 0 unspecified atom stereocenters. The van der Waals surface area contributed by atoms with Gasteiger partial charge in [0.1, 0.15) is 6.04 Å². The van der Waals surface area contributed by atoms with Crippen LogP contribution >= 0.6 is 0 Å². The third-order valence-electron chi connectivity index (χ3n) is 3.42. The van der Waals surface area contributed by atoms with Crippen LogP contribution in [0.4, 0.5) is 0 Å². The largest absolute Gasteiger partial charge is 0.480 e. The summed E-state index contributed by atoms with van der Waals surface area (Å²) in [5.74, 6) is -1.17. The first-order chi connectivity index (χ1) is 9.49.